The largest absolute Gasteiger partial charge is 0.494 e. The quantitative estimate of drug-likeness (QED) is 0.188. The standard InChI is InChI=1S/C30H33N5O2/c1-4-5-6-19-37-27-17-9-23(10-18-27)29(36)33-25-13-15-26(16-14-25)34-30-31-22(3)20-28(35-30)32-24-11-7-21(2)8-12-24/h7-18,20H,4-6,19H2,1-3H3,(H,33,36)(H2,31,32,34,35). The molecule has 0 aliphatic carbocycles. The van der Waals surface area contributed by atoms with Crippen LogP contribution in [-0.4, -0.2) is 22.5 Å². The van der Waals surface area contributed by atoms with Gasteiger partial charge in [-0.1, -0.05) is 37.5 Å². The van der Waals surface area contributed by atoms with Gasteiger partial charge in [-0.25, -0.2) is 4.98 Å². The van der Waals surface area contributed by atoms with Gasteiger partial charge in [0.2, 0.25) is 5.95 Å². The van der Waals surface area contributed by atoms with Gasteiger partial charge < -0.3 is 20.7 Å². The molecule has 0 saturated carbocycles. The van der Waals surface area contributed by atoms with E-state index in [1.165, 1.54) is 5.56 Å². The summed E-state index contributed by atoms with van der Waals surface area (Å²) in [6, 6.07) is 24.7. The smallest absolute Gasteiger partial charge is 0.255 e. The molecule has 1 heterocycles. The van der Waals surface area contributed by atoms with Crippen LogP contribution in [0.5, 0.6) is 5.75 Å². The molecule has 0 spiro atoms. The van der Waals surface area contributed by atoms with Gasteiger partial charge in [0.1, 0.15) is 11.6 Å². The molecule has 0 fully saturated rings. The fraction of sp³-hybridized carbons (Fsp3) is 0.233. The van der Waals surface area contributed by atoms with Crippen LogP contribution < -0.4 is 20.7 Å². The molecule has 0 aliphatic heterocycles. The van der Waals surface area contributed by atoms with Crippen molar-refractivity contribution in [2.75, 3.05) is 22.6 Å². The highest BCUT2D eigenvalue weighted by Crippen LogP contribution is 2.21. The van der Waals surface area contributed by atoms with Gasteiger partial charge >= 0.3 is 0 Å². The lowest BCUT2D eigenvalue weighted by atomic mass is 10.2. The average molecular weight is 496 g/mol. The van der Waals surface area contributed by atoms with Crippen LogP contribution in [0.3, 0.4) is 0 Å². The summed E-state index contributed by atoms with van der Waals surface area (Å²) in [7, 11) is 0. The second-order valence-corrected chi connectivity index (χ2v) is 8.95. The second-order valence-electron chi connectivity index (χ2n) is 8.95. The van der Waals surface area contributed by atoms with Gasteiger partial charge in [0.05, 0.1) is 6.61 Å². The predicted octanol–water partition coefficient (Wildman–Crippen LogP) is 7.40. The number of nitrogens with zero attached hydrogens (tertiary/aromatic N) is 2. The minimum atomic E-state index is -0.174. The molecule has 7 heteroatoms. The summed E-state index contributed by atoms with van der Waals surface area (Å²) in [4.78, 5) is 21.7. The van der Waals surface area contributed by atoms with Gasteiger partial charge in [0, 0.05) is 34.4 Å². The van der Waals surface area contributed by atoms with E-state index >= 15 is 0 Å². The number of carbonyl (C=O) groups is 1. The molecule has 190 valence electrons. The molecule has 0 bridgehead atoms. The number of aromatic nitrogens is 2. The highest BCUT2D eigenvalue weighted by molar-refractivity contribution is 6.04. The van der Waals surface area contributed by atoms with Gasteiger partial charge in [0.15, 0.2) is 0 Å². The lowest BCUT2D eigenvalue weighted by molar-refractivity contribution is 0.102. The minimum absolute atomic E-state index is 0.174. The third kappa shape index (κ3) is 7.80. The Hall–Kier alpha value is -4.39. The van der Waals surface area contributed by atoms with Crippen molar-refractivity contribution in [2.24, 2.45) is 0 Å². The summed E-state index contributed by atoms with van der Waals surface area (Å²) >= 11 is 0. The molecule has 0 unspecified atom stereocenters. The second kappa shape index (κ2) is 12.5. The zero-order valence-corrected chi connectivity index (χ0v) is 21.5. The van der Waals surface area contributed by atoms with E-state index in [2.05, 4.69) is 51.9 Å². The van der Waals surface area contributed by atoms with Crippen LogP contribution in [0.1, 0.15) is 47.8 Å². The summed E-state index contributed by atoms with van der Waals surface area (Å²) in [5.41, 5.74) is 5.09. The number of unbranched alkanes of at least 4 members (excludes halogenated alkanes) is 2. The summed E-state index contributed by atoms with van der Waals surface area (Å²) in [5, 5.41) is 9.48. The number of ether oxygens (including phenoxy) is 1. The molecule has 0 radical (unpaired) electrons. The van der Waals surface area contributed by atoms with Crippen molar-refractivity contribution in [3.05, 3.63) is 95.7 Å². The first-order valence-electron chi connectivity index (χ1n) is 12.6. The molecule has 7 nitrogen and oxygen atoms in total. The Kier molecular flexibility index (Phi) is 8.70. The molecule has 1 aromatic heterocycles. The van der Waals surface area contributed by atoms with Crippen molar-refractivity contribution in [2.45, 2.75) is 40.0 Å². The van der Waals surface area contributed by atoms with Crippen molar-refractivity contribution in [1.82, 2.24) is 9.97 Å². The molecule has 0 saturated heterocycles. The fourth-order valence-corrected chi connectivity index (χ4v) is 3.69. The number of nitrogens with one attached hydrogen (secondary N) is 3. The first kappa shape index (κ1) is 25.7. The number of benzene rings is 3. The van der Waals surface area contributed by atoms with Crippen molar-refractivity contribution in [3.8, 4) is 5.75 Å². The first-order valence-corrected chi connectivity index (χ1v) is 12.6. The zero-order chi connectivity index (χ0) is 26.0. The molecule has 3 N–H and O–H groups in total. The lowest BCUT2D eigenvalue weighted by Crippen LogP contribution is -2.11. The third-order valence-electron chi connectivity index (χ3n) is 5.71. The van der Waals surface area contributed by atoms with Crippen LogP contribution in [0.25, 0.3) is 0 Å². The summed E-state index contributed by atoms with van der Waals surface area (Å²) in [6.45, 7) is 6.84. The summed E-state index contributed by atoms with van der Waals surface area (Å²) < 4.78 is 5.72. The van der Waals surface area contributed by atoms with E-state index in [0.29, 0.717) is 29.6 Å². The van der Waals surface area contributed by atoms with E-state index in [1.54, 1.807) is 12.1 Å². The zero-order valence-electron chi connectivity index (χ0n) is 21.5. The Balaban J connectivity index is 1.33. The van der Waals surface area contributed by atoms with Crippen LogP contribution >= 0.6 is 0 Å². The topological polar surface area (TPSA) is 88.2 Å². The van der Waals surface area contributed by atoms with E-state index in [0.717, 1.165) is 42.1 Å². The monoisotopic (exact) mass is 495 g/mol. The van der Waals surface area contributed by atoms with E-state index in [-0.39, 0.29) is 5.91 Å². The number of aryl methyl sites for hydroxylation is 2. The van der Waals surface area contributed by atoms with Crippen molar-refractivity contribution in [1.29, 1.82) is 0 Å². The van der Waals surface area contributed by atoms with Gasteiger partial charge in [-0.2, -0.15) is 4.98 Å². The summed E-state index contributed by atoms with van der Waals surface area (Å²) in [6.07, 6.45) is 3.34. The molecule has 4 rings (SSSR count). The van der Waals surface area contributed by atoms with Crippen molar-refractivity contribution < 1.29 is 9.53 Å². The number of hydrogen-bond acceptors (Lipinski definition) is 6. The minimum Gasteiger partial charge on any atom is -0.494 e. The van der Waals surface area contributed by atoms with E-state index < -0.39 is 0 Å². The highest BCUT2D eigenvalue weighted by Gasteiger charge is 2.08. The van der Waals surface area contributed by atoms with Crippen LogP contribution in [0.4, 0.5) is 28.8 Å². The molecule has 0 aliphatic rings. The SMILES string of the molecule is CCCCCOc1ccc(C(=O)Nc2ccc(Nc3nc(C)cc(Nc4ccc(C)cc4)n3)cc2)cc1. The Morgan fingerprint density at radius 2 is 1.43 bits per heavy atom. The Morgan fingerprint density at radius 1 is 0.784 bits per heavy atom. The number of hydrogen-bond donors (Lipinski definition) is 3. The maximum atomic E-state index is 12.6. The fourth-order valence-electron chi connectivity index (χ4n) is 3.69. The van der Waals surface area contributed by atoms with Gasteiger partial charge in [-0.3, -0.25) is 4.79 Å². The number of carbonyl (C=O) groups excluding carboxylic acids is 1. The number of rotatable bonds is 11. The van der Waals surface area contributed by atoms with Crippen LogP contribution in [0.2, 0.25) is 0 Å². The van der Waals surface area contributed by atoms with Crippen LogP contribution in [0.15, 0.2) is 78.9 Å². The maximum Gasteiger partial charge on any atom is 0.255 e. The Labute approximate surface area is 218 Å². The molecular weight excluding hydrogens is 462 g/mol. The number of amides is 1. The molecule has 0 atom stereocenters. The van der Waals surface area contributed by atoms with E-state index in [4.69, 9.17) is 4.74 Å². The van der Waals surface area contributed by atoms with Crippen LogP contribution in [0, 0.1) is 13.8 Å². The normalized spacial score (nSPS) is 10.6. The molecular formula is C30H33N5O2. The molecule has 3 aromatic carbocycles. The number of anilines is 5. The van der Waals surface area contributed by atoms with Gasteiger partial charge in [0.25, 0.3) is 5.91 Å². The molecule has 1 amide bonds. The Morgan fingerprint density at radius 3 is 2.14 bits per heavy atom. The summed E-state index contributed by atoms with van der Waals surface area (Å²) in [5.74, 6) is 1.80. The predicted molar refractivity (Wildman–Crippen MR) is 150 cm³/mol. The molecule has 37 heavy (non-hydrogen) atoms. The van der Waals surface area contributed by atoms with Gasteiger partial charge in [-0.15, -0.1) is 0 Å². The van der Waals surface area contributed by atoms with E-state index in [9.17, 15) is 4.79 Å². The highest BCUT2D eigenvalue weighted by atomic mass is 16.5. The van der Waals surface area contributed by atoms with Crippen molar-refractivity contribution in [3.63, 3.8) is 0 Å². The average Bonchev–Trinajstić information content (AvgIpc) is 2.89. The van der Waals surface area contributed by atoms with E-state index in [1.807, 2.05) is 61.5 Å². The van der Waals surface area contributed by atoms with Crippen molar-refractivity contribution >= 4 is 34.7 Å². The van der Waals surface area contributed by atoms with Crippen LogP contribution in [-0.2, 0) is 0 Å². The molecule has 4 aromatic rings. The first-order chi connectivity index (χ1) is 18.0. The maximum absolute atomic E-state index is 12.6. The third-order valence-corrected chi connectivity index (χ3v) is 5.71. The van der Waals surface area contributed by atoms with Gasteiger partial charge in [-0.05, 0) is 80.9 Å². The lowest BCUT2D eigenvalue weighted by Gasteiger charge is -2.11. The Bertz CT molecular complexity index is 1300.